The van der Waals surface area contributed by atoms with Gasteiger partial charge in [0.2, 0.25) is 0 Å². The van der Waals surface area contributed by atoms with Crippen LogP contribution in [0.15, 0.2) is 30.5 Å². The van der Waals surface area contributed by atoms with E-state index in [0.717, 1.165) is 16.5 Å². The highest BCUT2D eigenvalue weighted by molar-refractivity contribution is 5.85. The maximum Gasteiger partial charge on any atom is 0.439 e. The van der Waals surface area contributed by atoms with Crippen LogP contribution in [0.5, 0.6) is 0 Å². The summed E-state index contributed by atoms with van der Waals surface area (Å²) in [6.07, 6.45) is 0.927. The van der Waals surface area contributed by atoms with E-state index in [0.29, 0.717) is 0 Å². The summed E-state index contributed by atoms with van der Waals surface area (Å²) >= 11 is 0. The summed E-state index contributed by atoms with van der Waals surface area (Å²) < 4.78 is 0. The zero-order valence-corrected chi connectivity index (χ0v) is 13.3. The minimum atomic E-state index is -1.15. The predicted molar refractivity (Wildman–Crippen MR) is 83.9 cm³/mol. The van der Waals surface area contributed by atoms with Crippen molar-refractivity contribution in [3.63, 3.8) is 0 Å². The van der Waals surface area contributed by atoms with Gasteiger partial charge in [-0.3, -0.25) is 4.89 Å². The summed E-state index contributed by atoms with van der Waals surface area (Å²) in [5, 5.41) is 12.5. The van der Waals surface area contributed by atoms with E-state index in [-0.39, 0.29) is 6.42 Å². The third-order valence-electron chi connectivity index (χ3n) is 3.06. The van der Waals surface area contributed by atoms with Gasteiger partial charge in [0, 0.05) is 23.5 Å². The molecule has 1 aromatic carbocycles. The Morgan fingerprint density at radius 2 is 2.00 bits per heavy atom. The number of hydrogen-bond acceptors (Lipinski definition) is 4. The van der Waals surface area contributed by atoms with Crippen LogP contribution in [0.25, 0.3) is 10.9 Å². The average molecular weight is 320 g/mol. The topological polar surface area (TPSA) is 101 Å². The molecule has 2 aromatic rings. The zero-order chi connectivity index (χ0) is 17.0. The number of aliphatic carboxylic acids is 1. The molecular weight excluding hydrogens is 300 g/mol. The first-order valence-corrected chi connectivity index (χ1v) is 7.20. The first-order chi connectivity index (χ1) is 10.8. The first-order valence-electron chi connectivity index (χ1n) is 7.20. The van der Waals surface area contributed by atoms with Crippen molar-refractivity contribution in [1.29, 1.82) is 0 Å². The van der Waals surface area contributed by atoms with Gasteiger partial charge in [0.15, 0.2) is 0 Å². The number of amides is 1. The second-order valence-corrected chi connectivity index (χ2v) is 6.17. The van der Waals surface area contributed by atoms with Crippen LogP contribution in [0.3, 0.4) is 0 Å². The Balaban J connectivity index is 2.04. The van der Waals surface area contributed by atoms with Crippen LogP contribution < -0.4 is 5.32 Å². The monoisotopic (exact) mass is 320 g/mol. The Labute approximate surface area is 133 Å². The Kier molecular flexibility index (Phi) is 4.90. The third kappa shape index (κ3) is 4.72. The molecule has 0 fully saturated rings. The molecule has 0 bridgehead atoms. The van der Waals surface area contributed by atoms with Gasteiger partial charge >= 0.3 is 12.1 Å². The normalized spacial score (nSPS) is 12.8. The van der Waals surface area contributed by atoms with Crippen LogP contribution in [-0.4, -0.2) is 33.8 Å². The summed E-state index contributed by atoms with van der Waals surface area (Å²) in [6, 6.07) is 6.42. The standard InChI is InChI=1S/C16H20N2O5/c1-16(2,3)23-22-15(21)18-13(14(19)20)8-10-9-17-12-7-5-4-6-11(10)12/h4-7,9,13,17H,8H2,1-3H3,(H,18,21)(H,19,20)/t13-/m1/s1. The van der Waals surface area contributed by atoms with E-state index in [1.807, 2.05) is 24.3 Å². The van der Waals surface area contributed by atoms with Gasteiger partial charge in [0.1, 0.15) is 11.6 Å². The van der Waals surface area contributed by atoms with Gasteiger partial charge in [0.05, 0.1) is 0 Å². The molecule has 7 nitrogen and oxygen atoms in total. The number of rotatable bonds is 5. The Bertz CT molecular complexity index is 702. The Morgan fingerprint density at radius 3 is 2.65 bits per heavy atom. The molecule has 0 unspecified atom stereocenters. The lowest BCUT2D eigenvalue weighted by molar-refractivity contribution is -0.300. The molecule has 0 saturated heterocycles. The molecule has 23 heavy (non-hydrogen) atoms. The third-order valence-corrected chi connectivity index (χ3v) is 3.06. The van der Waals surface area contributed by atoms with E-state index in [1.54, 1.807) is 27.0 Å². The van der Waals surface area contributed by atoms with Gasteiger partial charge in [-0.1, -0.05) is 18.2 Å². The number of carbonyl (C=O) groups is 2. The maximum atomic E-state index is 11.7. The number of carboxylic acid groups (broad SMARTS) is 1. The van der Waals surface area contributed by atoms with Crippen LogP contribution in [0.4, 0.5) is 4.79 Å². The largest absolute Gasteiger partial charge is 0.480 e. The number of carbonyl (C=O) groups excluding carboxylic acids is 1. The van der Waals surface area contributed by atoms with Crippen LogP contribution >= 0.6 is 0 Å². The molecule has 3 N–H and O–H groups in total. The van der Waals surface area contributed by atoms with E-state index in [1.165, 1.54) is 0 Å². The van der Waals surface area contributed by atoms with E-state index in [2.05, 4.69) is 15.2 Å². The molecule has 1 atom stereocenters. The average Bonchev–Trinajstić information content (AvgIpc) is 2.87. The number of benzene rings is 1. The molecule has 0 aliphatic heterocycles. The van der Waals surface area contributed by atoms with Gasteiger partial charge in [-0.25, -0.2) is 9.59 Å². The van der Waals surface area contributed by atoms with E-state index >= 15 is 0 Å². The molecule has 1 amide bonds. The number of aromatic amines is 1. The number of fused-ring (bicyclic) bond motifs is 1. The van der Waals surface area contributed by atoms with Crippen molar-refractivity contribution in [2.45, 2.75) is 38.8 Å². The van der Waals surface area contributed by atoms with Crippen LogP contribution in [-0.2, 0) is 21.0 Å². The van der Waals surface area contributed by atoms with Crippen molar-refractivity contribution < 1.29 is 24.5 Å². The SMILES string of the molecule is CC(C)(C)OOC(=O)N[C@H](Cc1c[nH]c2ccccc12)C(=O)O. The summed E-state index contributed by atoms with van der Waals surface area (Å²) in [4.78, 5) is 35.6. The molecule has 0 aliphatic rings. The lowest BCUT2D eigenvalue weighted by Crippen LogP contribution is -2.43. The Hall–Kier alpha value is -2.54. The molecule has 1 aromatic heterocycles. The number of H-pyrrole nitrogens is 1. The molecule has 7 heteroatoms. The molecule has 2 rings (SSSR count). The van der Waals surface area contributed by atoms with Gasteiger partial charge in [-0.2, -0.15) is 4.89 Å². The lowest BCUT2D eigenvalue weighted by atomic mass is 10.1. The van der Waals surface area contributed by atoms with Gasteiger partial charge in [-0.15, -0.1) is 0 Å². The summed E-state index contributed by atoms with van der Waals surface area (Å²) in [5.41, 5.74) is 1.03. The van der Waals surface area contributed by atoms with Crippen molar-refractivity contribution in [3.05, 3.63) is 36.0 Å². The van der Waals surface area contributed by atoms with Crippen LogP contribution in [0.2, 0.25) is 0 Å². The molecule has 0 radical (unpaired) electrons. The van der Waals surface area contributed by atoms with Crippen molar-refractivity contribution in [2.24, 2.45) is 0 Å². The van der Waals surface area contributed by atoms with E-state index in [4.69, 9.17) is 4.89 Å². The second kappa shape index (κ2) is 6.70. The quantitative estimate of drug-likeness (QED) is 0.581. The zero-order valence-electron chi connectivity index (χ0n) is 13.3. The lowest BCUT2D eigenvalue weighted by Gasteiger charge is -2.18. The number of nitrogens with one attached hydrogen (secondary N) is 2. The highest BCUT2D eigenvalue weighted by Gasteiger charge is 2.24. The highest BCUT2D eigenvalue weighted by Crippen LogP contribution is 2.19. The number of para-hydroxylation sites is 1. The van der Waals surface area contributed by atoms with Crippen LogP contribution in [0, 0.1) is 0 Å². The second-order valence-electron chi connectivity index (χ2n) is 6.17. The van der Waals surface area contributed by atoms with Gasteiger partial charge in [0.25, 0.3) is 0 Å². The predicted octanol–water partition coefficient (Wildman–Crippen LogP) is 2.62. The van der Waals surface area contributed by atoms with Crippen molar-refractivity contribution >= 4 is 23.0 Å². The van der Waals surface area contributed by atoms with Gasteiger partial charge in [-0.05, 0) is 32.4 Å². The van der Waals surface area contributed by atoms with Crippen molar-refractivity contribution in [2.75, 3.05) is 0 Å². The minimum Gasteiger partial charge on any atom is -0.480 e. The number of aromatic nitrogens is 1. The van der Waals surface area contributed by atoms with Crippen molar-refractivity contribution in [1.82, 2.24) is 10.3 Å². The highest BCUT2D eigenvalue weighted by atomic mass is 17.2. The fourth-order valence-electron chi connectivity index (χ4n) is 2.05. The molecule has 0 aliphatic carbocycles. The maximum absolute atomic E-state index is 11.7. The fourth-order valence-corrected chi connectivity index (χ4v) is 2.05. The summed E-state index contributed by atoms with van der Waals surface area (Å²) in [6.45, 7) is 5.13. The molecule has 0 saturated carbocycles. The molecule has 0 spiro atoms. The number of carboxylic acids is 1. The van der Waals surface area contributed by atoms with E-state index < -0.39 is 23.7 Å². The molecular formula is C16H20N2O5. The van der Waals surface area contributed by atoms with E-state index in [9.17, 15) is 14.7 Å². The smallest absolute Gasteiger partial charge is 0.439 e. The van der Waals surface area contributed by atoms with Crippen LogP contribution in [0.1, 0.15) is 26.3 Å². The summed E-state index contributed by atoms with van der Waals surface area (Å²) in [5.74, 6) is -1.15. The van der Waals surface area contributed by atoms with Crippen molar-refractivity contribution in [3.8, 4) is 0 Å². The Morgan fingerprint density at radius 1 is 1.30 bits per heavy atom. The molecule has 1 heterocycles. The van der Waals surface area contributed by atoms with Gasteiger partial charge < -0.3 is 15.4 Å². The number of hydrogen-bond donors (Lipinski definition) is 3. The fraction of sp³-hybridized carbons (Fsp3) is 0.375. The molecule has 124 valence electrons. The minimum absolute atomic E-state index is 0.129. The first kappa shape index (κ1) is 16.8. The summed E-state index contributed by atoms with van der Waals surface area (Å²) in [7, 11) is 0.